The summed E-state index contributed by atoms with van der Waals surface area (Å²) in [6.45, 7) is 0. The Hall–Kier alpha value is -0.830. The fourth-order valence-electron chi connectivity index (χ4n) is 3.13. The van der Waals surface area contributed by atoms with E-state index in [1.54, 1.807) is 0 Å². The highest BCUT2D eigenvalue weighted by molar-refractivity contribution is 4.99. The van der Waals surface area contributed by atoms with Gasteiger partial charge in [-0.25, -0.2) is 0 Å². The van der Waals surface area contributed by atoms with Gasteiger partial charge in [-0.05, 0) is 51.1 Å². The van der Waals surface area contributed by atoms with Gasteiger partial charge in [0.15, 0.2) is 0 Å². The third-order valence-corrected chi connectivity index (χ3v) is 4.21. The minimum absolute atomic E-state index is 0.728. The first kappa shape index (κ1) is 12.6. The van der Waals surface area contributed by atoms with Gasteiger partial charge in [-0.2, -0.15) is 5.10 Å². The van der Waals surface area contributed by atoms with Gasteiger partial charge in [-0.3, -0.25) is 4.68 Å². The Morgan fingerprint density at radius 2 is 2.24 bits per heavy atom. The number of hydrogen-bond acceptors (Lipinski definition) is 2. The predicted octanol–water partition coefficient (Wildman–Crippen LogP) is 2.52. The van der Waals surface area contributed by atoms with Crippen LogP contribution < -0.4 is 5.32 Å². The van der Waals surface area contributed by atoms with E-state index < -0.39 is 0 Å². The number of hydrogen-bond donors (Lipinski definition) is 1. The van der Waals surface area contributed by atoms with Crippen LogP contribution in [0.3, 0.4) is 0 Å². The van der Waals surface area contributed by atoms with Gasteiger partial charge >= 0.3 is 0 Å². The van der Waals surface area contributed by atoms with E-state index >= 15 is 0 Å². The standard InChI is InChI=1S/C14H25N3/c1-15-14(12-6-3-4-7-12)9-5-8-13-10-11-16-17(13)2/h10-12,14-15H,3-9H2,1-2H3. The molecule has 1 atom stereocenters. The first-order valence-electron chi connectivity index (χ1n) is 6.95. The molecule has 3 heteroatoms. The quantitative estimate of drug-likeness (QED) is 0.821. The van der Waals surface area contributed by atoms with E-state index in [2.05, 4.69) is 23.5 Å². The first-order chi connectivity index (χ1) is 8.31. The van der Waals surface area contributed by atoms with Crippen molar-refractivity contribution in [2.24, 2.45) is 13.0 Å². The molecule has 1 aliphatic rings. The van der Waals surface area contributed by atoms with Gasteiger partial charge in [-0.15, -0.1) is 0 Å². The lowest BCUT2D eigenvalue weighted by Crippen LogP contribution is -2.32. The highest BCUT2D eigenvalue weighted by Gasteiger charge is 2.23. The molecule has 0 bridgehead atoms. The van der Waals surface area contributed by atoms with Crippen molar-refractivity contribution in [1.82, 2.24) is 15.1 Å². The molecule has 96 valence electrons. The maximum atomic E-state index is 4.21. The van der Waals surface area contributed by atoms with Crippen LogP contribution in [0.1, 0.15) is 44.2 Å². The Morgan fingerprint density at radius 3 is 2.82 bits per heavy atom. The Morgan fingerprint density at radius 1 is 1.47 bits per heavy atom. The second-order valence-electron chi connectivity index (χ2n) is 5.28. The molecule has 1 aromatic heterocycles. The Kier molecular flexibility index (Phi) is 4.60. The minimum atomic E-state index is 0.728. The molecule has 0 aromatic carbocycles. The maximum Gasteiger partial charge on any atom is 0.0492 e. The molecule has 1 aliphatic carbocycles. The van der Waals surface area contributed by atoms with Crippen LogP contribution in [0.5, 0.6) is 0 Å². The molecule has 1 aromatic rings. The summed E-state index contributed by atoms with van der Waals surface area (Å²) in [6.07, 6.45) is 11.3. The molecular weight excluding hydrogens is 210 g/mol. The van der Waals surface area contributed by atoms with Crippen LogP contribution in [0.4, 0.5) is 0 Å². The smallest absolute Gasteiger partial charge is 0.0492 e. The van der Waals surface area contributed by atoms with Gasteiger partial charge in [0.1, 0.15) is 0 Å². The lowest BCUT2D eigenvalue weighted by Gasteiger charge is -2.22. The van der Waals surface area contributed by atoms with E-state index in [-0.39, 0.29) is 0 Å². The molecule has 0 aliphatic heterocycles. The second-order valence-corrected chi connectivity index (χ2v) is 5.28. The van der Waals surface area contributed by atoms with Crippen LogP contribution in [-0.2, 0) is 13.5 Å². The largest absolute Gasteiger partial charge is 0.317 e. The van der Waals surface area contributed by atoms with E-state index in [4.69, 9.17) is 0 Å². The van der Waals surface area contributed by atoms with Crippen molar-refractivity contribution in [2.75, 3.05) is 7.05 Å². The summed E-state index contributed by atoms with van der Waals surface area (Å²) in [4.78, 5) is 0. The number of nitrogens with zero attached hydrogens (tertiary/aromatic N) is 2. The zero-order valence-electron chi connectivity index (χ0n) is 11.2. The van der Waals surface area contributed by atoms with Gasteiger partial charge in [0.2, 0.25) is 0 Å². The molecule has 1 fully saturated rings. The summed E-state index contributed by atoms with van der Waals surface area (Å²) in [5, 5.41) is 7.73. The summed E-state index contributed by atoms with van der Waals surface area (Å²) in [7, 11) is 4.15. The molecule has 0 spiro atoms. The number of aryl methyl sites for hydroxylation is 2. The zero-order valence-corrected chi connectivity index (χ0v) is 11.2. The van der Waals surface area contributed by atoms with Crippen LogP contribution in [0.25, 0.3) is 0 Å². The lowest BCUT2D eigenvalue weighted by atomic mass is 9.93. The topological polar surface area (TPSA) is 29.9 Å². The van der Waals surface area contributed by atoms with Gasteiger partial charge in [0, 0.05) is 25.0 Å². The Bertz CT molecular complexity index is 326. The fraction of sp³-hybridized carbons (Fsp3) is 0.786. The van der Waals surface area contributed by atoms with Crippen molar-refractivity contribution in [1.29, 1.82) is 0 Å². The number of nitrogens with one attached hydrogen (secondary N) is 1. The Labute approximate surface area is 105 Å². The van der Waals surface area contributed by atoms with E-state index in [0.29, 0.717) is 0 Å². The summed E-state index contributed by atoms with van der Waals surface area (Å²) in [6, 6.07) is 2.86. The zero-order chi connectivity index (χ0) is 12.1. The molecule has 2 rings (SSSR count). The highest BCUT2D eigenvalue weighted by atomic mass is 15.2. The number of aromatic nitrogens is 2. The van der Waals surface area contributed by atoms with Crippen molar-refractivity contribution >= 4 is 0 Å². The molecule has 0 radical (unpaired) electrons. The van der Waals surface area contributed by atoms with E-state index in [1.165, 1.54) is 44.2 Å². The van der Waals surface area contributed by atoms with Crippen molar-refractivity contribution in [3.8, 4) is 0 Å². The Balaban J connectivity index is 1.74. The molecular formula is C14H25N3. The lowest BCUT2D eigenvalue weighted by molar-refractivity contribution is 0.352. The average molecular weight is 235 g/mol. The highest BCUT2D eigenvalue weighted by Crippen LogP contribution is 2.29. The van der Waals surface area contributed by atoms with Gasteiger partial charge < -0.3 is 5.32 Å². The summed E-state index contributed by atoms with van der Waals surface area (Å²) < 4.78 is 1.99. The SMILES string of the molecule is CNC(CCCc1ccnn1C)C1CCCC1. The average Bonchev–Trinajstić information content (AvgIpc) is 2.97. The maximum absolute atomic E-state index is 4.21. The molecule has 3 nitrogen and oxygen atoms in total. The van der Waals surface area contributed by atoms with Crippen LogP contribution >= 0.6 is 0 Å². The van der Waals surface area contributed by atoms with Gasteiger partial charge in [0.25, 0.3) is 0 Å². The van der Waals surface area contributed by atoms with Crippen molar-refractivity contribution in [2.45, 2.75) is 51.0 Å². The molecule has 0 saturated heterocycles. The summed E-state index contributed by atoms with van der Waals surface area (Å²) >= 11 is 0. The van der Waals surface area contributed by atoms with Crippen LogP contribution in [-0.4, -0.2) is 22.9 Å². The van der Waals surface area contributed by atoms with Crippen LogP contribution in [0, 0.1) is 5.92 Å². The molecule has 0 amide bonds. The molecule has 1 unspecified atom stereocenters. The fourth-order valence-corrected chi connectivity index (χ4v) is 3.13. The van der Waals surface area contributed by atoms with Crippen LogP contribution in [0.2, 0.25) is 0 Å². The second kappa shape index (κ2) is 6.20. The van der Waals surface area contributed by atoms with E-state index in [0.717, 1.165) is 18.4 Å². The minimum Gasteiger partial charge on any atom is -0.317 e. The predicted molar refractivity (Wildman–Crippen MR) is 71.0 cm³/mol. The monoisotopic (exact) mass is 235 g/mol. The number of rotatable bonds is 6. The third kappa shape index (κ3) is 3.32. The third-order valence-electron chi connectivity index (χ3n) is 4.21. The molecule has 1 N–H and O–H groups in total. The molecule has 1 heterocycles. The van der Waals surface area contributed by atoms with Gasteiger partial charge in [-0.1, -0.05) is 12.8 Å². The van der Waals surface area contributed by atoms with E-state index in [1.807, 2.05) is 17.9 Å². The molecule has 1 saturated carbocycles. The molecule has 17 heavy (non-hydrogen) atoms. The van der Waals surface area contributed by atoms with Crippen molar-refractivity contribution in [3.05, 3.63) is 18.0 Å². The van der Waals surface area contributed by atoms with E-state index in [9.17, 15) is 0 Å². The van der Waals surface area contributed by atoms with Gasteiger partial charge in [0.05, 0.1) is 0 Å². The summed E-state index contributed by atoms with van der Waals surface area (Å²) in [5.74, 6) is 0.923. The van der Waals surface area contributed by atoms with Crippen LogP contribution in [0.15, 0.2) is 12.3 Å². The normalized spacial score (nSPS) is 18.7. The first-order valence-corrected chi connectivity index (χ1v) is 6.95. The van der Waals surface area contributed by atoms with Crippen molar-refractivity contribution < 1.29 is 0 Å². The summed E-state index contributed by atoms with van der Waals surface area (Å²) in [5.41, 5.74) is 1.35. The van der Waals surface area contributed by atoms with Crippen molar-refractivity contribution in [3.63, 3.8) is 0 Å².